The molecule has 0 bridgehead atoms. The highest BCUT2D eigenvalue weighted by Crippen LogP contribution is 2.58. The number of hydrogen-bond acceptors (Lipinski definition) is 5. The van der Waals surface area contributed by atoms with Gasteiger partial charge in [0.25, 0.3) is 0 Å². The molecule has 0 radical (unpaired) electrons. The van der Waals surface area contributed by atoms with Gasteiger partial charge in [0.1, 0.15) is 0 Å². The highest BCUT2D eigenvalue weighted by Gasteiger charge is 2.50. The average molecular weight is 247 g/mol. The Morgan fingerprint density at radius 1 is 1.41 bits per heavy atom. The normalized spacial score (nSPS) is 27.4. The van der Waals surface area contributed by atoms with E-state index in [0.717, 1.165) is 22.7 Å². The van der Waals surface area contributed by atoms with Crippen molar-refractivity contribution in [2.75, 3.05) is 0 Å². The standard InChI is InChI=1S/C12H13N3OS/c1-6-5-13-12(17-6)10-14-11(16-15-10)9-4-8(9)7-2-3-7/h5,7-9H,2-4H2,1H3/t8-,9+/m1/s1. The van der Waals surface area contributed by atoms with Crippen molar-refractivity contribution in [3.05, 3.63) is 17.0 Å². The van der Waals surface area contributed by atoms with Crippen molar-refractivity contribution < 1.29 is 4.52 Å². The van der Waals surface area contributed by atoms with E-state index in [4.69, 9.17) is 4.52 Å². The van der Waals surface area contributed by atoms with Crippen molar-refractivity contribution in [3.63, 3.8) is 0 Å². The van der Waals surface area contributed by atoms with Crippen LogP contribution in [0, 0.1) is 18.8 Å². The van der Waals surface area contributed by atoms with Crippen LogP contribution >= 0.6 is 11.3 Å². The molecule has 0 aliphatic heterocycles. The van der Waals surface area contributed by atoms with Crippen LogP contribution in [0.15, 0.2) is 10.7 Å². The summed E-state index contributed by atoms with van der Waals surface area (Å²) in [5.41, 5.74) is 0. The molecule has 2 aliphatic rings. The number of rotatable bonds is 3. The van der Waals surface area contributed by atoms with Crippen molar-refractivity contribution in [3.8, 4) is 10.8 Å². The van der Waals surface area contributed by atoms with Crippen LogP contribution < -0.4 is 0 Å². The zero-order chi connectivity index (χ0) is 11.4. The molecule has 0 aromatic carbocycles. The molecule has 0 amide bonds. The molecule has 0 saturated heterocycles. The third kappa shape index (κ3) is 1.69. The zero-order valence-electron chi connectivity index (χ0n) is 9.59. The van der Waals surface area contributed by atoms with Gasteiger partial charge in [0.2, 0.25) is 11.7 Å². The predicted molar refractivity (Wildman–Crippen MR) is 63.7 cm³/mol. The molecule has 2 aromatic rings. The van der Waals surface area contributed by atoms with Crippen molar-refractivity contribution in [1.29, 1.82) is 0 Å². The Labute approximate surface area is 103 Å². The second-order valence-electron chi connectivity index (χ2n) is 5.08. The smallest absolute Gasteiger partial charge is 0.231 e. The van der Waals surface area contributed by atoms with E-state index in [1.807, 2.05) is 13.1 Å². The topological polar surface area (TPSA) is 51.8 Å². The third-order valence-corrected chi connectivity index (χ3v) is 4.55. The molecule has 2 fully saturated rings. The first-order valence-corrected chi connectivity index (χ1v) is 6.89. The maximum absolute atomic E-state index is 5.37. The minimum atomic E-state index is 0.532. The van der Waals surface area contributed by atoms with Gasteiger partial charge in [-0.3, -0.25) is 0 Å². The van der Waals surface area contributed by atoms with E-state index in [1.165, 1.54) is 24.1 Å². The molecule has 4 nitrogen and oxygen atoms in total. The van der Waals surface area contributed by atoms with Gasteiger partial charge in [-0.05, 0) is 38.0 Å². The van der Waals surface area contributed by atoms with Gasteiger partial charge in [0.15, 0.2) is 5.01 Å². The molecule has 0 unspecified atom stereocenters. The summed E-state index contributed by atoms with van der Waals surface area (Å²) in [5, 5.41) is 4.90. The largest absolute Gasteiger partial charge is 0.339 e. The van der Waals surface area contributed by atoms with Crippen LogP contribution in [0.4, 0.5) is 0 Å². The Hall–Kier alpha value is -1.23. The molecule has 2 aliphatic carbocycles. The maximum Gasteiger partial charge on any atom is 0.231 e. The molecular weight excluding hydrogens is 234 g/mol. The van der Waals surface area contributed by atoms with Gasteiger partial charge < -0.3 is 4.52 Å². The van der Waals surface area contributed by atoms with Gasteiger partial charge in [-0.25, -0.2) is 4.98 Å². The van der Waals surface area contributed by atoms with Gasteiger partial charge in [0.05, 0.1) is 0 Å². The quantitative estimate of drug-likeness (QED) is 0.836. The zero-order valence-corrected chi connectivity index (χ0v) is 10.4. The van der Waals surface area contributed by atoms with E-state index < -0.39 is 0 Å². The Morgan fingerprint density at radius 3 is 3.00 bits per heavy atom. The highest BCUT2D eigenvalue weighted by molar-refractivity contribution is 7.14. The summed E-state index contributed by atoms with van der Waals surface area (Å²) in [5.74, 6) is 3.77. The molecule has 2 atom stereocenters. The van der Waals surface area contributed by atoms with Crippen molar-refractivity contribution in [1.82, 2.24) is 15.1 Å². The number of aromatic nitrogens is 3. The van der Waals surface area contributed by atoms with E-state index in [1.54, 1.807) is 11.3 Å². The molecule has 0 spiro atoms. The van der Waals surface area contributed by atoms with Gasteiger partial charge in [-0.1, -0.05) is 5.16 Å². The van der Waals surface area contributed by atoms with Crippen LogP contribution in [0.3, 0.4) is 0 Å². The first kappa shape index (κ1) is 9.76. The van der Waals surface area contributed by atoms with E-state index in [9.17, 15) is 0 Å². The van der Waals surface area contributed by atoms with E-state index in [2.05, 4.69) is 15.1 Å². The van der Waals surface area contributed by atoms with Crippen molar-refractivity contribution in [2.24, 2.45) is 11.8 Å². The summed E-state index contributed by atoms with van der Waals surface area (Å²) in [4.78, 5) is 9.94. The van der Waals surface area contributed by atoms with Gasteiger partial charge in [-0.15, -0.1) is 11.3 Å². The fourth-order valence-electron chi connectivity index (χ4n) is 2.47. The monoisotopic (exact) mass is 247 g/mol. The average Bonchev–Trinajstić information content (AvgIpc) is 3.20. The van der Waals surface area contributed by atoms with Crippen LogP contribution in [-0.2, 0) is 0 Å². The second-order valence-corrected chi connectivity index (χ2v) is 6.31. The van der Waals surface area contributed by atoms with Crippen LogP contribution in [0.25, 0.3) is 10.8 Å². The molecule has 88 valence electrons. The fraction of sp³-hybridized carbons (Fsp3) is 0.583. The van der Waals surface area contributed by atoms with Gasteiger partial charge in [0, 0.05) is 17.0 Å². The highest BCUT2D eigenvalue weighted by atomic mass is 32.1. The Morgan fingerprint density at radius 2 is 2.29 bits per heavy atom. The van der Waals surface area contributed by atoms with E-state index >= 15 is 0 Å². The van der Waals surface area contributed by atoms with E-state index in [0.29, 0.717) is 11.7 Å². The minimum Gasteiger partial charge on any atom is -0.339 e. The Bertz CT molecular complexity index is 558. The second kappa shape index (κ2) is 3.38. The van der Waals surface area contributed by atoms with Crippen LogP contribution in [0.2, 0.25) is 0 Å². The summed E-state index contributed by atoms with van der Waals surface area (Å²) >= 11 is 1.61. The Balaban J connectivity index is 1.57. The van der Waals surface area contributed by atoms with Crippen molar-refractivity contribution in [2.45, 2.75) is 32.1 Å². The lowest BCUT2D eigenvalue weighted by Crippen LogP contribution is -1.85. The maximum atomic E-state index is 5.37. The summed E-state index contributed by atoms with van der Waals surface area (Å²) < 4.78 is 5.37. The summed E-state index contributed by atoms with van der Waals surface area (Å²) in [6.07, 6.45) is 5.88. The number of aryl methyl sites for hydroxylation is 1. The molecule has 2 saturated carbocycles. The molecule has 2 aromatic heterocycles. The van der Waals surface area contributed by atoms with Crippen LogP contribution in [0.1, 0.15) is 35.9 Å². The first-order chi connectivity index (χ1) is 8.31. The lowest BCUT2D eigenvalue weighted by molar-refractivity contribution is 0.374. The minimum absolute atomic E-state index is 0.532. The predicted octanol–water partition coefficient (Wildman–Crippen LogP) is 3.02. The SMILES string of the molecule is Cc1cnc(-c2noc([C@H]3C[C@@H]3C3CC3)n2)s1. The third-order valence-electron chi connectivity index (χ3n) is 3.64. The molecule has 17 heavy (non-hydrogen) atoms. The number of hydrogen-bond donors (Lipinski definition) is 0. The lowest BCUT2D eigenvalue weighted by atomic mass is 10.2. The number of thiazole rings is 1. The molecular formula is C12H13N3OS. The molecule has 5 heteroatoms. The molecule has 0 N–H and O–H groups in total. The summed E-state index contributed by atoms with van der Waals surface area (Å²) in [6, 6.07) is 0. The molecule has 4 rings (SSSR count). The lowest BCUT2D eigenvalue weighted by Gasteiger charge is -1.88. The van der Waals surface area contributed by atoms with E-state index in [-0.39, 0.29) is 0 Å². The van der Waals surface area contributed by atoms with Gasteiger partial charge in [-0.2, -0.15) is 4.98 Å². The number of nitrogens with zero attached hydrogens (tertiary/aromatic N) is 3. The summed E-state index contributed by atoms with van der Waals surface area (Å²) in [6.45, 7) is 2.03. The molecule has 2 heterocycles. The Kier molecular flexibility index (Phi) is 1.94. The van der Waals surface area contributed by atoms with Gasteiger partial charge >= 0.3 is 0 Å². The van der Waals surface area contributed by atoms with Crippen LogP contribution in [-0.4, -0.2) is 15.1 Å². The summed E-state index contributed by atoms with van der Waals surface area (Å²) in [7, 11) is 0. The fourth-order valence-corrected chi connectivity index (χ4v) is 3.16. The van der Waals surface area contributed by atoms with Crippen molar-refractivity contribution >= 4 is 11.3 Å². The van der Waals surface area contributed by atoms with Crippen LogP contribution in [0.5, 0.6) is 0 Å². The first-order valence-electron chi connectivity index (χ1n) is 6.07.